The highest BCUT2D eigenvalue weighted by atomic mass is 32.2. The van der Waals surface area contributed by atoms with Crippen LogP contribution in [0.25, 0.3) is 6.08 Å². The van der Waals surface area contributed by atoms with Crippen molar-refractivity contribution in [1.29, 1.82) is 0 Å². The summed E-state index contributed by atoms with van der Waals surface area (Å²) in [6, 6.07) is 1.53. The predicted octanol–water partition coefficient (Wildman–Crippen LogP) is 2.07. The Morgan fingerprint density at radius 3 is 2.88 bits per heavy atom. The standard InChI is InChI=1S/C11H11NO3S/c1-8(13)16-4-2-3-9-5-10(11(14)15)7-12-6-9/h2-3,5-7H,4H2,1H3,(H,14,15). The van der Waals surface area contributed by atoms with Gasteiger partial charge in [-0.25, -0.2) is 4.79 Å². The predicted molar refractivity (Wildman–Crippen MR) is 63.4 cm³/mol. The highest BCUT2D eigenvalue weighted by Crippen LogP contribution is 2.07. The molecule has 1 aromatic rings. The third kappa shape index (κ3) is 4.27. The van der Waals surface area contributed by atoms with Crippen LogP contribution in [0.1, 0.15) is 22.8 Å². The molecule has 0 radical (unpaired) electrons. The van der Waals surface area contributed by atoms with Crippen molar-refractivity contribution in [1.82, 2.24) is 4.98 Å². The minimum Gasteiger partial charge on any atom is -0.478 e. The highest BCUT2D eigenvalue weighted by Gasteiger charge is 2.01. The summed E-state index contributed by atoms with van der Waals surface area (Å²) >= 11 is 1.20. The molecule has 0 amide bonds. The van der Waals surface area contributed by atoms with E-state index in [-0.39, 0.29) is 10.7 Å². The first-order valence-electron chi connectivity index (χ1n) is 4.58. The van der Waals surface area contributed by atoms with Gasteiger partial charge in [-0.2, -0.15) is 0 Å². The molecule has 0 spiro atoms. The van der Waals surface area contributed by atoms with Gasteiger partial charge in [0.15, 0.2) is 5.12 Å². The summed E-state index contributed by atoms with van der Waals surface area (Å²) in [6.07, 6.45) is 6.41. The molecule has 1 heterocycles. The molecule has 0 aromatic carbocycles. The van der Waals surface area contributed by atoms with Crippen LogP contribution in [0.2, 0.25) is 0 Å². The Kier molecular flexibility index (Phi) is 4.72. The SMILES string of the molecule is CC(=O)SCC=Cc1cncc(C(=O)O)c1. The number of rotatable bonds is 4. The summed E-state index contributed by atoms with van der Waals surface area (Å²) < 4.78 is 0. The molecule has 16 heavy (non-hydrogen) atoms. The van der Waals surface area contributed by atoms with E-state index in [0.29, 0.717) is 11.3 Å². The number of carboxylic acid groups (broad SMARTS) is 1. The number of hydrogen-bond donors (Lipinski definition) is 1. The van der Waals surface area contributed by atoms with Gasteiger partial charge in [0, 0.05) is 25.1 Å². The molecule has 4 nitrogen and oxygen atoms in total. The number of aromatic nitrogens is 1. The van der Waals surface area contributed by atoms with Gasteiger partial charge >= 0.3 is 5.97 Å². The fraction of sp³-hybridized carbons (Fsp3) is 0.182. The maximum Gasteiger partial charge on any atom is 0.337 e. The summed E-state index contributed by atoms with van der Waals surface area (Å²) in [5.74, 6) is -0.423. The second-order valence-corrected chi connectivity index (χ2v) is 4.21. The number of carboxylic acids is 1. The van der Waals surface area contributed by atoms with Crippen molar-refractivity contribution in [3.8, 4) is 0 Å². The maximum atomic E-state index is 10.7. The van der Waals surface area contributed by atoms with Crippen molar-refractivity contribution < 1.29 is 14.7 Å². The molecular weight excluding hydrogens is 226 g/mol. The van der Waals surface area contributed by atoms with Gasteiger partial charge in [0.1, 0.15) is 0 Å². The molecule has 0 unspecified atom stereocenters. The maximum absolute atomic E-state index is 10.7. The molecule has 0 aliphatic carbocycles. The molecule has 0 atom stereocenters. The average Bonchev–Trinajstić information content (AvgIpc) is 2.24. The van der Waals surface area contributed by atoms with Crippen LogP contribution in [0.4, 0.5) is 0 Å². The molecule has 0 fully saturated rings. The minimum atomic E-state index is -0.999. The van der Waals surface area contributed by atoms with Crippen LogP contribution < -0.4 is 0 Å². The van der Waals surface area contributed by atoms with E-state index in [9.17, 15) is 9.59 Å². The van der Waals surface area contributed by atoms with Crippen molar-refractivity contribution in [2.24, 2.45) is 0 Å². The van der Waals surface area contributed by atoms with E-state index in [1.165, 1.54) is 30.9 Å². The van der Waals surface area contributed by atoms with Gasteiger partial charge < -0.3 is 5.11 Å². The topological polar surface area (TPSA) is 67.3 Å². The lowest BCUT2D eigenvalue weighted by Crippen LogP contribution is -1.97. The zero-order valence-corrected chi connectivity index (χ0v) is 9.53. The van der Waals surface area contributed by atoms with E-state index in [4.69, 9.17) is 5.11 Å². The van der Waals surface area contributed by atoms with Crippen LogP contribution in [0.3, 0.4) is 0 Å². The van der Waals surface area contributed by atoms with Gasteiger partial charge in [0.2, 0.25) is 0 Å². The van der Waals surface area contributed by atoms with Gasteiger partial charge in [0.25, 0.3) is 0 Å². The molecule has 1 rings (SSSR count). The molecule has 1 aromatic heterocycles. The lowest BCUT2D eigenvalue weighted by atomic mass is 10.2. The number of thioether (sulfide) groups is 1. The van der Waals surface area contributed by atoms with Crippen LogP contribution in [0, 0.1) is 0 Å². The summed E-state index contributed by atoms with van der Waals surface area (Å²) in [5, 5.41) is 8.80. The quantitative estimate of drug-likeness (QED) is 0.868. The first-order chi connectivity index (χ1) is 7.59. The summed E-state index contributed by atoms with van der Waals surface area (Å²) in [4.78, 5) is 25.1. The zero-order chi connectivity index (χ0) is 12.0. The molecule has 0 saturated carbocycles. The molecule has 1 N–H and O–H groups in total. The first kappa shape index (κ1) is 12.4. The number of aromatic carboxylic acids is 1. The second-order valence-electron chi connectivity index (χ2n) is 3.02. The van der Waals surface area contributed by atoms with E-state index in [1.54, 1.807) is 18.3 Å². The van der Waals surface area contributed by atoms with Crippen molar-refractivity contribution in [2.75, 3.05) is 5.75 Å². The monoisotopic (exact) mass is 237 g/mol. The molecule has 0 bridgehead atoms. The Balaban J connectivity index is 2.63. The molecule has 0 saturated heterocycles. The van der Waals surface area contributed by atoms with E-state index < -0.39 is 5.97 Å². The molecule has 5 heteroatoms. The molecule has 0 aliphatic rings. The van der Waals surface area contributed by atoms with Crippen LogP contribution in [0.5, 0.6) is 0 Å². The number of carbonyl (C=O) groups is 2. The minimum absolute atomic E-state index is 0.0575. The van der Waals surface area contributed by atoms with Gasteiger partial charge in [-0.3, -0.25) is 9.78 Å². The summed E-state index contributed by atoms with van der Waals surface area (Å²) in [5.41, 5.74) is 0.866. The van der Waals surface area contributed by atoms with E-state index >= 15 is 0 Å². The van der Waals surface area contributed by atoms with Crippen molar-refractivity contribution in [3.05, 3.63) is 35.7 Å². The molecule has 84 valence electrons. The fourth-order valence-electron chi connectivity index (χ4n) is 1.02. The van der Waals surface area contributed by atoms with Crippen LogP contribution >= 0.6 is 11.8 Å². The molecular formula is C11H11NO3S. The Hall–Kier alpha value is -1.62. The smallest absolute Gasteiger partial charge is 0.337 e. The molecule has 0 aliphatic heterocycles. The van der Waals surface area contributed by atoms with Crippen LogP contribution in [-0.2, 0) is 4.79 Å². The van der Waals surface area contributed by atoms with Gasteiger partial charge in [-0.1, -0.05) is 23.9 Å². The third-order valence-electron chi connectivity index (χ3n) is 1.70. The lowest BCUT2D eigenvalue weighted by Gasteiger charge is -1.95. The van der Waals surface area contributed by atoms with Gasteiger partial charge in [0.05, 0.1) is 5.56 Å². The van der Waals surface area contributed by atoms with Crippen LogP contribution in [-0.4, -0.2) is 26.9 Å². The normalized spacial score (nSPS) is 10.6. The Bertz CT molecular complexity index is 429. The Morgan fingerprint density at radius 2 is 2.25 bits per heavy atom. The highest BCUT2D eigenvalue weighted by molar-refractivity contribution is 8.13. The number of hydrogen-bond acceptors (Lipinski definition) is 4. The van der Waals surface area contributed by atoms with Crippen molar-refractivity contribution in [2.45, 2.75) is 6.92 Å². The van der Waals surface area contributed by atoms with Crippen molar-refractivity contribution >= 4 is 28.9 Å². The Morgan fingerprint density at radius 1 is 1.50 bits per heavy atom. The number of nitrogens with zero attached hydrogens (tertiary/aromatic N) is 1. The van der Waals surface area contributed by atoms with E-state index in [2.05, 4.69) is 4.98 Å². The van der Waals surface area contributed by atoms with E-state index in [0.717, 1.165) is 0 Å². The fourth-order valence-corrected chi connectivity index (χ4v) is 1.44. The second kappa shape index (κ2) is 6.07. The largest absolute Gasteiger partial charge is 0.478 e. The average molecular weight is 237 g/mol. The first-order valence-corrected chi connectivity index (χ1v) is 5.56. The van der Waals surface area contributed by atoms with Crippen LogP contribution in [0.15, 0.2) is 24.5 Å². The summed E-state index contributed by atoms with van der Waals surface area (Å²) in [6.45, 7) is 1.51. The van der Waals surface area contributed by atoms with Crippen molar-refractivity contribution in [3.63, 3.8) is 0 Å². The third-order valence-corrected chi connectivity index (χ3v) is 2.47. The van der Waals surface area contributed by atoms with E-state index in [1.807, 2.05) is 0 Å². The lowest BCUT2D eigenvalue weighted by molar-refractivity contribution is -0.109. The zero-order valence-electron chi connectivity index (χ0n) is 8.71. The van der Waals surface area contributed by atoms with Gasteiger partial charge in [-0.05, 0) is 11.6 Å². The Labute approximate surface area is 97.4 Å². The number of pyridine rings is 1. The van der Waals surface area contributed by atoms with Gasteiger partial charge in [-0.15, -0.1) is 0 Å². The summed E-state index contributed by atoms with van der Waals surface area (Å²) in [7, 11) is 0. The number of carbonyl (C=O) groups excluding carboxylic acids is 1.